The zero-order valence-corrected chi connectivity index (χ0v) is 27.1. The van der Waals surface area contributed by atoms with E-state index in [9.17, 15) is 24.9 Å². The first-order valence-corrected chi connectivity index (χ1v) is 16.4. The van der Waals surface area contributed by atoms with Crippen molar-refractivity contribution in [3.8, 4) is 11.5 Å². The molecule has 48 heavy (non-hydrogen) atoms. The number of aliphatic hydroxyl groups is 1. The number of amides is 1. The van der Waals surface area contributed by atoms with Crippen LogP contribution in [0.25, 0.3) is 10.9 Å². The fourth-order valence-corrected chi connectivity index (χ4v) is 6.80. The van der Waals surface area contributed by atoms with Gasteiger partial charge >= 0.3 is 0 Å². The molecule has 1 aliphatic rings. The monoisotopic (exact) mass is 646 g/mol. The number of aromatic hydroxyl groups is 2. The number of pyridine rings is 1. The Kier molecular flexibility index (Phi) is 9.91. The van der Waals surface area contributed by atoms with Crippen molar-refractivity contribution in [2.75, 3.05) is 33.2 Å². The number of likely N-dealkylation sites (tertiary alicyclic amines) is 1. The molecule has 6 rings (SSSR count). The van der Waals surface area contributed by atoms with E-state index in [1.807, 2.05) is 24.3 Å². The molecule has 1 fully saturated rings. The number of aromatic amines is 1. The van der Waals surface area contributed by atoms with Crippen molar-refractivity contribution in [3.63, 3.8) is 0 Å². The van der Waals surface area contributed by atoms with Crippen LogP contribution in [0.4, 0.5) is 0 Å². The van der Waals surface area contributed by atoms with Crippen LogP contribution in [0.15, 0.2) is 102 Å². The highest BCUT2D eigenvalue weighted by atomic mass is 16.3. The minimum atomic E-state index is -0.859. The standard InChI is InChI=1S/C39H42N4O5/c1-43-21-18-39(19-22-43,29-5-3-2-4-6-29)32-23-26(9-14-33(32)44)17-20-41-38(48)28-10-7-27(8-11-28)24-40-25-35(46)30-12-15-34(45)37-31(30)13-16-36(47)42-37/h2-16,23,35,40,44-46H,17-22,24-25H2,1H3,(H,41,48)(H,42,47)/t35-/m0/s1. The number of hydrogen-bond donors (Lipinski definition) is 6. The van der Waals surface area contributed by atoms with Crippen molar-refractivity contribution >= 4 is 16.8 Å². The van der Waals surface area contributed by atoms with Gasteiger partial charge in [-0.25, -0.2) is 0 Å². The maximum Gasteiger partial charge on any atom is 0.251 e. The van der Waals surface area contributed by atoms with E-state index in [4.69, 9.17) is 0 Å². The number of aliphatic hydroxyl groups excluding tert-OH is 1. The van der Waals surface area contributed by atoms with Crippen LogP contribution >= 0.6 is 0 Å². The van der Waals surface area contributed by atoms with E-state index >= 15 is 0 Å². The maximum atomic E-state index is 12.9. The predicted molar refractivity (Wildman–Crippen MR) is 187 cm³/mol. The summed E-state index contributed by atoms with van der Waals surface area (Å²) in [5, 5.41) is 38.8. The van der Waals surface area contributed by atoms with E-state index in [-0.39, 0.29) is 29.2 Å². The van der Waals surface area contributed by atoms with Crippen LogP contribution in [0, 0.1) is 0 Å². The van der Waals surface area contributed by atoms with Crippen molar-refractivity contribution in [1.82, 2.24) is 20.5 Å². The van der Waals surface area contributed by atoms with E-state index in [0.29, 0.717) is 47.3 Å². The first-order valence-electron chi connectivity index (χ1n) is 16.4. The summed E-state index contributed by atoms with van der Waals surface area (Å²) in [6.45, 7) is 3.10. The Hall–Kier alpha value is -4.96. The molecule has 1 aromatic heterocycles. The summed E-state index contributed by atoms with van der Waals surface area (Å²) < 4.78 is 0. The third-order valence-electron chi connectivity index (χ3n) is 9.59. The number of nitrogens with zero attached hydrogens (tertiary/aromatic N) is 1. The van der Waals surface area contributed by atoms with Gasteiger partial charge in [0.05, 0.1) is 11.6 Å². The van der Waals surface area contributed by atoms with Crippen LogP contribution in [0.1, 0.15) is 57.1 Å². The van der Waals surface area contributed by atoms with Gasteiger partial charge in [-0.15, -0.1) is 0 Å². The Morgan fingerprint density at radius 1 is 0.896 bits per heavy atom. The lowest BCUT2D eigenvalue weighted by Gasteiger charge is -2.42. The van der Waals surface area contributed by atoms with Crippen molar-refractivity contribution in [2.24, 2.45) is 0 Å². The Balaban J connectivity index is 1.03. The molecular weight excluding hydrogens is 604 g/mol. The first kappa shape index (κ1) is 33.0. The Morgan fingerprint density at radius 2 is 1.60 bits per heavy atom. The SMILES string of the molecule is CN1CCC(c2ccccc2)(c2cc(CCNC(=O)c3ccc(CNC[C@H](O)c4ccc(O)c5[nH]c(=O)ccc45)cc3)ccc2O)CC1. The first-order chi connectivity index (χ1) is 23.2. The summed E-state index contributed by atoms with van der Waals surface area (Å²) in [5.41, 5.74) is 5.06. The number of nitrogens with one attached hydrogen (secondary N) is 3. The summed E-state index contributed by atoms with van der Waals surface area (Å²) >= 11 is 0. The number of phenols is 2. The molecule has 1 amide bonds. The molecule has 9 heteroatoms. The van der Waals surface area contributed by atoms with Gasteiger partial charge in [0, 0.05) is 47.6 Å². The molecule has 248 valence electrons. The van der Waals surface area contributed by atoms with Crippen LogP contribution in [0.3, 0.4) is 0 Å². The zero-order valence-electron chi connectivity index (χ0n) is 27.1. The molecule has 0 aliphatic carbocycles. The van der Waals surface area contributed by atoms with Crippen LogP contribution < -0.4 is 16.2 Å². The van der Waals surface area contributed by atoms with Crippen molar-refractivity contribution in [2.45, 2.75) is 37.3 Å². The van der Waals surface area contributed by atoms with Gasteiger partial charge in [-0.1, -0.05) is 60.7 Å². The number of aromatic nitrogens is 1. The molecule has 1 atom stereocenters. The predicted octanol–water partition coefficient (Wildman–Crippen LogP) is 4.75. The lowest BCUT2D eigenvalue weighted by atomic mass is 9.67. The fraction of sp³-hybridized carbons (Fsp3) is 0.282. The second-order valence-electron chi connectivity index (χ2n) is 12.7. The number of benzene rings is 4. The Morgan fingerprint density at radius 3 is 2.35 bits per heavy atom. The van der Waals surface area contributed by atoms with Crippen LogP contribution in [0.2, 0.25) is 0 Å². The molecule has 0 unspecified atom stereocenters. The number of carbonyl (C=O) groups excluding carboxylic acids is 1. The van der Waals surface area contributed by atoms with Crippen LogP contribution in [-0.2, 0) is 18.4 Å². The zero-order chi connectivity index (χ0) is 33.7. The van der Waals surface area contributed by atoms with E-state index < -0.39 is 6.10 Å². The number of H-pyrrole nitrogens is 1. The molecule has 4 aromatic carbocycles. The van der Waals surface area contributed by atoms with E-state index in [2.05, 4.69) is 57.9 Å². The molecule has 9 nitrogen and oxygen atoms in total. The highest BCUT2D eigenvalue weighted by molar-refractivity contribution is 5.94. The quantitative estimate of drug-likeness (QED) is 0.122. The molecule has 2 heterocycles. The maximum absolute atomic E-state index is 12.9. The molecule has 6 N–H and O–H groups in total. The second kappa shape index (κ2) is 14.4. The minimum Gasteiger partial charge on any atom is -0.508 e. The number of phenolic OH excluding ortho intramolecular Hbond substituents is 2. The summed E-state index contributed by atoms with van der Waals surface area (Å²) in [6.07, 6.45) is 1.63. The van der Waals surface area contributed by atoms with Gasteiger partial charge in [-0.3, -0.25) is 9.59 Å². The Bertz CT molecular complexity index is 1930. The van der Waals surface area contributed by atoms with E-state index in [1.165, 1.54) is 17.7 Å². The summed E-state index contributed by atoms with van der Waals surface area (Å²) in [4.78, 5) is 29.6. The van der Waals surface area contributed by atoms with Gasteiger partial charge in [-0.2, -0.15) is 0 Å². The topological polar surface area (TPSA) is 138 Å². The van der Waals surface area contributed by atoms with Crippen LogP contribution in [-0.4, -0.2) is 64.3 Å². The van der Waals surface area contributed by atoms with Crippen LogP contribution in [0.5, 0.6) is 11.5 Å². The molecule has 5 aromatic rings. The number of hydrogen-bond acceptors (Lipinski definition) is 7. The lowest BCUT2D eigenvalue weighted by Crippen LogP contribution is -2.41. The van der Waals surface area contributed by atoms with Crippen molar-refractivity contribution < 1.29 is 20.1 Å². The van der Waals surface area contributed by atoms with Gasteiger partial charge in [0.2, 0.25) is 5.56 Å². The number of carbonyl (C=O) groups is 1. The average molecular weight is 647 g/mol. The molecule has 0 radical (unpaired) electrons. The second-order valence-corrected chi connectivity index (χ2v) is 12.7. The van der Waals surface area contributed by atoms with Crippen molar-refractivity contribution in [3.05, 3.63) is 141 Å². The minimum absolute atomic E-state index is 0.0509. The highest BCUT2D eigenvalue weighted by Crippen LogP contribution is 2.45. The van der Waals surface area contributed by atoms with Gasteiger partial charge in [0.15, 0.2) is 0 Å². The van der Waals surface area contributed by atoms with Gasteiger partial charge in [0.1, 0.15) is 11.5 Å². The van der Waals surface area contributed by atoms with E-state index in [0.717, 1.165) is 42.6 Å². The number of fused-ring (bicyclic) bond motifs is 1. The largest absolute Gasteiger partial charge is 0.508 e. The average Bonchev–Trinajstić information content (AvgIpc) is 3.10. The van der Waals surface area contributed by atoms with Gasteiger partial charge in [-0.05, 0) is 92.0 Å². The van der Waals surface area contributed by atoms with Crippen molar-refractivity contribution in [1.29, 1.82) is 0 Å². The normalized spacial score (nSPS) is 15.3. The smallest absolute Gasteiger partial charge is 0.251 e. The summed E-state index contributed by atoms with van der Waals surface area (Å²) in [5.74, 6) is 0.106. The molecule has 0 saturated carbocycles. The highest BCUT2D eigenvalue weighted by Gasteiger charge is 2.39. The summed E-state index contributed by atoms with van der Waals surface area (Å²) in [6, 6.07) is 29.7. The molecule has 1 saturated heterocycles. The summed E-state index contributed by atoms with van der Waals surface area (Å²) in [7, 11) is 2.14. The van der Waals surface area contributed by atoms with E-state index in [1.54, 1.807) is 30.3 Å². The third-order valence-corrected chi connectivity index (χ3v) is 9.59. The fourth-order valence-electron chi connectivity index (χ4n) is 6.80. The Labute approximate surface area is 279 Å². The van der Waals surface area contributed by atoms with Gasteiger partial charge in [0.25, 0.3) is 5.91 Å². The lowest BCUT2D eigenvalue weighted by molar-refractivity contribution is 0.0954. The molecular formula is C39H42N4O5. The molecule has 1 aliphatic heterocycles. The molecule has 0 spiro atoms. The number of rotatable bonds is 11. The molecule has 0 bridgehead atoms. The third kappa shape index (κ3) is 7.13. The van der Waals surface area contributed by atoms with Gasteiger partial charge < -0.3 is 35.8 Å². The number of piperidine rings is 1.